The summed E-state index contributed by atoms with van der Waals surface area (Å²) < 4.78 is 17.4. The summed E-state index contributed by atoms with van der Waals surface area (Å²) in [5, 5.41) is 0. The van der Waals surface area contributed by atoms with E-state index in [0.29, 0.717) is 41.5 Å². The summed E-state index contributed by atoms with van der Waals surface area (Å²) in [6, 6.07) is 5.87. The van der Waals surface area contributed by atoms with E-state index in [1.54, 1.807) is 21.3 Å². The molecule has 9 heteroatoms. The van der Waals surface area contributed by atoms with Gasteiger partial charge in [0.2, 0.25) is 5.78 Å². The molecule has 0 saturated heterocycles. The van der Waals surface area contributed by atoms with E-state index in [9.17, 15) is 9.59 Å². The van der Waals surface area contributed by atoms with Crippen LogP contribution in [0.25, 0.3) is 16.9 Å². The lowest BCUT2D eigenvalue weighted by Gasteiger charge is -2.10. The van der Waals surface area contributed by atoms with Crippen molar-refractivity contribution in [3.63, 3.8) is 0 Å². The molecule has 0 atom stereocenters. The van der Waals surface area contributed by atoms with E-state index in [1.165, 1.54) is 9.13 Å². The molecule has 0 N–H and O–H groups in total. The van der Waals surface area contributed by atoms with E-state index >= 15 is 0 Å². The summed E-state index contributed by atoms with van der Waals surface area (Å²) in [5.74, 6) is 2.03. The minimum atomic E-state index is -0.328. The molecule has 0 amide bonds. The third-order valence-corrected chi connectivity index (χ3v) is 5.95. The lowest BCUT2D eigenvalue weighted by molar-refractivity contribution is 0.354. The van der Waals surface area contributed by atoms with E-state index in [-0.39, 0.29) is 11.2 Å². The summed E-state index contributed by atoms with van der Waals surface area (Å²) in [6.07, 6.45) is 4.33. The molecule has 4 rings (SSSR count). The van der Waals surface area contributed by atoms with Crippen molar-refractivity contribution in [2.24, 2.45) is 7.05 Å². The molecular weight excluding hydrogens is 410 g/mol. The lowest BCUT2D eigenvalue weighted by Crippen LogP contribution is -2.39. The Hall–Kier alpha value is -3.49. The number of hydrogen-bond acceptors (Lipinski definition) is 5. The van der Waals surface area contributed by atoms with Crippen molar-refractivity contribution in [3.05, 3.63) is 56.5 Å². The monoisotopic (exact) mass is 439 g/mol. The number of unbranched alkanes of at least 4 members (excludes halogenated alkanes) is 1. The molecule has 3 heterocycles. The maximum atomic E-state index is 13.2. The Balaban J connectivity index is 1.77. The summed E-state index contributed by atoms with van der Waals surface area (Å²) in [5.41, 5.74) is 2.31. The maximum Gasteiger partial charge on any atom is 0.332 e. The predicted octanol–water partition coefficient (Wildman–Crippen LogP) is 2.52. The third kappa shape index (κ3) is 3.47. The number of nitrogens with zero attached hydrogens (tertiary/aromatic N) is 5. The largest absolute Gasteiger partial charge is 0.493 e. The number of hydrogen-bond donors (Lipinski definition) is 0. The first-order valence-electron chi connectivity index (χ1n) is 10.8. The molecular formula is C23H29N5O4. The molecule has 0 radical (unpaired) electrons. The van der Waals surface area contributed by atoms with Crippen LogP contribution in [0.2, 0.25) is 0 Å². The van der Waals surface area contributed by atoms with Crippen LogP contribution in [-0.2, 0) is 26.6 Å². The number of aryl methyl sites for hydroxylation is 4. The first-order chi connectivity index (χ1) is 15.4. The topological polar surface area (TPSA) is 84.7 Å². The van der Waals surface area contributed by atoms with Crippen molar-refractivity contribution in [2.45, 2.75) is 46.2 Å². The highest BCUT2D eigenvalue weighted by Gasteiger charge is 2.20. The molecule has 0 bridgehead atoms. The Morgan fingerprint density at radius 2 is 1.78 bits per heavy atom. The Bertz CT molecular complexity index is 1410. The first kappa shape index (κ1) is 21.7. The average Bonchev–Trinajstić information content (AvgIpc) is 3.30. The smallest absolute Gasteiger partial charge is 0.332 e. The van der Waals surface area contributed by atoms with Crippen molar-refractivity contribution >= 4 is 16.9 Å². The van der Waals surface area contributed by atoms with Crippen LogP contribution < -0.4 is 20.7 Å². The van der Waals surface area contributed by atoms with Gasteiger partial charge < -0.3 is 14.0 Å². The van der Waals surface area contributed by atoms with Gasteiger partial charge in [0.05, 0.1) is 14.2 Å². The van der Waals surface area contributed by atoms with Crippen LogP contribution >= 0.6 is 0 Å². The highest BCUT2D eigenvalue weighted by molar-refractivity contribution is 5.75. The lowest BCUT2D eigenvalue weighted by atomic mass is 10.1. The van der Waals surface area contributed by atoms with Gasteiger partial charge in [-0.05, 0) is 37.5 Å². The summed E-state index contributed by atoms with van der Waals surface area (Å²) >= 11 is 0. The molecule has 0 aliphatic heterocycles. The van der Waals surface area contributed by atoms with Gasteiger partial charge in [-0.1, -0.05) is 19.4 Å². The van der Waals surface area contributed by atoms with Gasteiger partial charge in [0.1, 0.15) is 0 Å². The Morgan fingerprint density at radius 3 is 2.47 bits per heavy atom. The molecule has 4 aromatic rings. The molecule has 32 heavy (non-hydrogen) atoms. The van der Waals surface area contributed by atoms with Crippen LogP contribution in [0.5, 0.6) is 11.5 Å². The highest BCUT2D eigenvalue weighted by atomic mass is 16.5. The van der Waals surface area contributed by atoms with Gasteiger partial charge in [0, 0.05) is 32.0 Å². The quantitative estimate of drug-likeness (QED) is 0.421. The molecule has 1 aromatic carbocycles. The number of fused-ring (bicyclic) bond motifs is 3. The van der Waals surface area contributed by atoms with Crippen LogP contribution in [0.1, 0.15) is 31.0 Å². The van der Waals surface area contributed by atoms with E-state index in [2.05, 4.69) is 9.55 Å². The van der Waals surface area contributed by atoms with Crippen LogP contribution in [-0.4, -0.2) is 37.3 Å². The normalized spacial score (nSPS) is 11.5. The number of methoxy groups -OCH3 is 2. The molecule has 0 aliphatic rings. The first-order valence-corrected chi connectivity index (χ1v) is 10.8. The maximum absolute atomic E-state index is 13.2. The number of ether oxygens (including phenoxy) is 2. The summed E-state index contributed by atoms with van der Waals surface area (Å²) in [6.45, 7) is 5.10. The van der Waals surface area contributed by atoms with E-state index in [4.69, 9.17) is 9.47 Å². The SMILES string of the molecule is CCCCn1c(=O)c2c(nc3n(CCc4ccc(OC)c(OC)c4)c(C)cn23)n(C)c1=O. The molecule has 0 spiro atoms. The molecule has 3 aromatic heterocycles. The van der Waals surface area contributed by atoms with Gasteiger partial charge in [-0.15, -0.1) is 0 Å². The van der Waals surface area contributed by atoms with Crippen LogP contribution in [0.3, 0.4) is 0 Å². The number of benzene rings is 1. The average molecular weight is 440 g/mol. The fraction of sp³-hybridized carbons (Fsp3) is 0.435. The summed E-state index contributed by atoms with van der Waals surface area (Å²) in [7, 11) is 4.90. The van der Waals surface area contributed by atoms with Crippen molar-refractivity contribution < 1.29 is 9.47 Å². The summed E-state index contributed by atoms with van der Waals surface area (Å²) in [4.78, 5) is 30.6. The zero-order valence-corrected chi connectivity index (χ0v) is 19.2. The van der Waals surface area contributed by atoms with Gasteiger partial charge in [0.25, 0.3) is 5.56 Å². The van der Waals surface area contributed by atoms with Gasteiger partial charge in [0.15, 0.2) is 22.7 Å². The predicted molar refractivity (Wildman–Crippen MR) is 123 cm³/mol. The second-order valence-electron chi connectivity index (χ2n) is 7.97. The minimum Gasteiger partial charge on any atom is -0.493 e. The van der Waals surface area contributed by atoms with E-state index < -0.39 is 0 Å². The number of rotatable bonds is 8. The fourth-order valence-electron chi connectivity index (χ4n) is 4.12. The van der Waals surface area contributed by atoms with Gasteiger partial charge in [-0.3, -0.25) is 18.3 Å². The van der Waals surface area contributed by atoms with Crippen molar-refractivity contribution in [3.8, 4) is 11.5 Å². The third-order valence-electron chi connectivity index (χ3n) is 5.95. The minimum absolute atomic E-state index is 0.291. The van der Waals surface area contributed by atoms with Gasteiger partial charge in [-0.2, -0.15) is 4.98 Å². The highest BCUT2D eigenvalue weighted by Crippen LogP contribution is 2.28. The van der Waals surface area contributed by atoms with Crippen molar-refractivity contribution in [2.75, 3.05) is 14.2 Å². The zero-order valence-electron chi connectivity index (χ0n) is 19.2. The fourth-order valence-corrected chi connectivity index (χ4v) is 4.12. The standard InChI is InChI=1S/C23H29N5O4/c1-6-7-11-27-21(29)19-20(25(3)23(27)30)24-22-26(15(2)14-28(19)22)12-10-16-8-9-17(31-4)18(13-16)32-5/h8-9,13-14H,6-7,10-12H2,1-5H3. The van der Waals surface area contributed by atoms with Crippen molar-refractivity contribution in [1.82, 2.24) is 23.1 Å². The molecule has 0 fully saturated rings. The molecule has 170 valence electrons. The Kier molecular flexibility index (Phi) is 5.82. The number of aromatic nitrogens is 5. The van der Waals surface area contributed by atoms with Crippen LogP contribution in [0.15, 0.2) is 34.0 Å². The second kappa shape index (κ2) is 8.57. The molecule has 0 aliphatic carbocycles. The van der Waals surface area contributed by atoms with Crippen LogP contribution in [0.4, 0.5) is 0 Å². The van der Waals surface area contributed by atoms with E-state index in [0.717, 1.165) is 30.5 Å². The molecule has 0 unspecified atom stereocenters. The van der Waals surface area contributed by atoms with E-state index in [1.807, 2.05) is 42.6 Å². The van der Waals surface area contributed by atoms with Gasteiger partial charge >= 0.3 is 5.69 Å². The van der Waals surface area contributed by atoms with Crippen molar-refractivity contribution in [1.29, 1.82) is 0 Å². The molecule has 0 saturated carbocycles. The number of imidazole rings is 2. The van der Waals surface area contributed by atoms with Gasteiger partial charge in [-0.25, -0.2) is 4.79 Å². The second-order valence-corrected chi connectivity index (χ2v) is 7.97. The Labute approximate surface area is 185 Å². The van der Waals surface area contributed by atoms with Crippen LogP contribution in [0, 0.1) is 6.92 Å². The molecule has 9 nitrogen and oxygen atoms in total. The Morgan fingerprint density at radius 1 is 1.03 bits per heavy atom. The zero-order chi connectivity index (χ0) is 23.0.